The molecule has 1 aliphatic rings. The smallest absolute Gasteiger partial charge is 0.204 e. The van der Waals surface area contributed by atoms with E-state index in [0.717, 1.165) is 48.6 Å². The summed E-state index contributed by atoms with van der Waals surface area (Å²) < 4.78 is 2.07. The number of aryl methyl sites for hydroxylation is 1. The zero-order valence-corrected chi connectivity index (χ0v) is 12.3. The molecule has 2 aromatic rings. The van der Waals surface area contributed by atoms with Crippen molar-refractivity contribution in [3.8, 4) is 0 Å². The number of nitrogens with zero attached hydrogens (tertiary/aromatic N) is 2. The molecule has 2 N–H and O–H groups in total. The first-order valence-electron chi connectivity index (χ1n) is 7.44. The van der Waals surface area contributed by atoms with Crippen molar-refractivity contribution in [1.29, 1.82) is 0 Å². The molecule has 1 fully saturated rings. The Hall–Kier alpha value is -1.55. The molecule has 1 aliphatic carbocycles. The Bertz CT molecular complexity index is 597. The summed E-state index contributed by atoms with van der Waals surface area (Å²) in [5.41, 5.74) is 1.91. The Morgan fingerprint density at radius 1 is 1.35 bits per heavy atom. The minimum Gasteiger partial charge on any atom is -0.394 e. The van der Waals surface area contributed by atoms with Crippen LogP contribution < -0.4 is 5.32 Å². The number of nitrogens with one attached hydrogen (secondary N) is 1. The molecule has 0 aliphatic heterocycles. The number of para-hydroxylation sites is 2. The van der Waals surface area contributed by atoms with Crippen LogP contribution in [0.15, 0.2) is 24.3 Å². The summed E-state index contributed by atoms with van der Waals surface area (Å²) in [6.45, 7) is 2.46. The topological polar surface area (TPSA) is 50.1 Å². The third kappa shape index (κ3) is 2.29. The summed E-state index contributed by atoms with van der Waals surface area (Å²) in [4.78, 5) is 4.66. The normalized spacial score (nSPS) is 26.9. The molecule has 3 rings (SSSR count). The molecule has 0 radical (unpaired) electrons. The van der Waals surface area contributed by atoms with Gasteiger partial charge in [0.25, 0.3) is 0 Å². The quantitative estimate of drug-likeness (QED) is 0.904. The van der Waals surface area contributed by atoms with E-state index in [-0.39, 0.29) is 12.1 Å². The van der Waals surface area contributed by atoms with Crippen LogP contribution in [0.5, 0.6) is 0 Å². The molecule has 0 atom stereocenters. The fourth-order valence-electron chi connectivity index (χ4n) is 3.13. The first kappa shape index (κ1) is 13.4. The molecule has 1 aromatic carbocycles. The van der Waals surface area contributed by atoms with Gasteiger partial charge in [0.2, 0.25) is 5.95 Å². The van der Waals surface area contributed by atoms with Crippen LogP contribution in [-0.4, -0.2) is 26.8 Å². The summed E-state index contributed by atoms with van der Waals surface area (Å²) in [7, 11) is 2.02. The maximum atomic E-state index is 9.86. The molecule has 1 saturated carbocycles. The maximum absolute atomic E-state index is 9.86. The molecule has 0 unspecified atom stereocenters. The van der Waals surface area contributed by atoms with E-state index in [9.17, 15) is 5.11 Å². The third-order valence-corrected chi connectivity index (χ3v) is 4.70. The molecule has 4 nitrogen and oxygen atoms in total. The van der Waals surface area contributed by atoms with E-state index in [1.165, 1.54) is 0 Å². The van der Waals surface area contributed by atoms with Gasteiger partial charge in [-0.3, -0.25) is 0 Å². The predicted molar refractivity (Wildman–Crippen MR) is 81.8 cm³/mol. The zero-order chi connectivity index (χ0) is 14.2. The van der Waals surface area contributed by atoms with Crippen molar-refractivity contribution in [2.45, 2.75) is 38.1 Å². The van der Waals surface area contributed by atoms with Crippen molar-refractivity contribution in [1.82, 2.24) is 9.55 Å². The fraction of sp³-hybridized carbons (Fsp3) is 0.562. The number of aliphatic hydroxyl groups is 1. The molecular formula is C16H23N3O. The van der Waals surface area contributed by atoms with Gasteiger partial charge in [-0.1, -0.05) is 19.1 Å². The van der Waals surface area contributed by atoms with Gasteiger partial charge in [0, 0.05) is 7.05 Å². The molecule has 0 amide bonds. The van der Waals surface area contributed by atoms with Gasteiger partial charge in [0.05, 0.1) is 23.2 Å². The van der Waals surface area contributed by atoms with Crippen LogP contribution in [0.1, 0.15) is 32.6 Å². The van der Waals surface area contributed by atoms with E-state index in [1.54, 1.807) is 0 Å². The number of imidazole rings is 1. The largest absolute Gasteiger partial charge is 0.394 e. The molecule has 20 heavy (non-hydrogen) atoms. The maximum Gasteiger partial charge on any atom is 0.204 e. The molecule has 0 bridgehead atoms. The van der Waals surface area contributed by atoms with E-state index in [4.69, 9.17) is 0 Å². The van der Waals surface area contributed by atoms with E-state index < -0.39 is 0 Å². The second-order valence-electron chi connectivity index (χ2n) is 6.23. The van der Waals surface area contributed by atoms with Gasteiger partial charge in [-0.05, 0) is 43.7 Å². The van der Waals surface area contributed by atoms with Crippen LogP contribution in [0.4, 0.5) is 5.95 Å². The van der Waals surface area contributed by atoms with Crippen LogP contribution >= 0.6 is 0 Å². The van der Waals surface area contributed by atoms with Gasteiger partial charge in [-0.15, -0.1) is 0 Å². The van der Waals surface area contributed by atoms with Crippen LogP contribution in [0.3, 0.4) is 0 Å². The van der Waals surface area contributed by atoms with Gasteiger partial charge < -0.3 is 15.0 Å². The molecule has 4 heteroatoms. The van der Waals surface area contributed by atoms with E-state index in [1.807, 2.05) is 25.2 Å². The van der Waals surface area contributed by atoms with E-state index >= 15 is 0 Å². The molecule has 1 aromatic heterocycles. The number of hydrogen-bond acceptors (Lipinski definition) is 3. The molecule has 108 valence electrons. The van der Waals surface area contributed by atoms with Crippen LogP contribution in [0, 0.1) is 5.92 Å². The summed E-state index contributed by atoms with van der Waals surface area (Å²) in [5, 5.41) is 13.4. The number of fused-ring (bicyclic) bond motifs is 1. The molecular weight excluding hydrogens is 250 g/mol. The van der Waals surface area contributed by atoms with Crippen molar-refractivity contribution in [2.75, 3.05) is 11.9 Å². The average molecular weight is 273 g/mol. The summed E-state index contributed by atoms with van der Waals surface area (Å²) >= 11 is 0. The Morgan fingerprint density at radius 3 is 2.70 bits per heavy atom. The van der Waals surface area contributed by atoms with E-state index in [2.05, 4.69) is 27.9 Å². The van der Waals surface area contributed by atoms with Gasteiger partial charge in [-0.25, -0.2) is 4.98 Å². The van der Waals surface area contributed by atoms with Crippen LogP contribution in [0.25, 0.3) is 11.0 Å². The minimum absolute atomic E-state index is 0.170. The lowest BCUT2D eigenvalue weighted by atomic mass is 9.77. The highest BCUT2D eigenvalue weighted by molar-refractivity contribution is 5.78. The van der Waals surface area contributed by atoms with Crippen molar-refractivity contribution >= 4 is 17.0 Å². The monoisotopic (exact) mass is 273 g/mol. The zero-order valence-electron chi connectivity index (χ0n) is 12.3. The Kier molecular flexibility index (Phi) is 3.42. The Balaban J connectivity index is 1.89. The van der Waals surface area contributed by atoms with Crippen molar-refractivity contribution in [3.05, 3.63) is 24.3 Å². The van der Waals surface area contributed by atoms with Crippen LogP contribution in [-0.2, 0) is 7.05 Å². The second-order valence-corrected chi connectivity index (χ2v) is 6.23. The fourth-order valence-corrected chi connectivity index (χ4v) is 3.13. The summed E-state index contributed by atoms with van der Waals surface area (Å²) in [6, 6.07) is 8.12. The number of aromatic nitrogens is 2. The lowest BCUT2D eigenvalue weighted by Crippen LogP contribution is -2.45. The number of benzene rings is 1. The average Bonchev–Trinajstić information content (AvgIpc) is 2.79. The standard InChI is InChI=1S/C16H23N3O/c1-12-7-9-16(11-20,10-8-12)18-15-17-13-5-3-4-6-14(13)19(15)2/h3-6,12,20H,7-11H2,1-2H3,(H,17,18). The van der Waals surface area contributed by atoms with Crippen molar-refractivity contribution < 1.29 is 5.11 Å². The van der Waals surface area contributed by atoms with Crippen molar-refractivity contribution in [2.24, 2.45) is 13.0 Å². The number of hydrogen-bond donors (Lipinski definition) is 2. The van der Waals surface area contributed by atoms with E-state index in [0.29, 0.717) is 0 Å². The predicted octanol–water partition coefficient (Wildman–Crippen LogP) is 2.93. The highest BCUT2D eigenvalue weighted by Gasteiger charge is 2.34. The second kappa shape index (κ2) is 5.09. The molecule has 1 heterocycles. The molecule has 0 saturated heterocycles. The third-order valence-electron chi connectivity index (χ3n) is 4.70. The Morgan fingerprint density at radius 2 is 2.05 bits per heavy atom. The summed E-state index contributed by atoms with van der Waals surface area (Å²) in [5.74, 6) is 1.62. The summed E-state index contributed by atoms with van der Waals surface area (Å²) in [6.07, 6.45) is 4.34. The highest BCUT2D eigenvalue weighted by Crippen LogP contribution is 2.34. The van der Waals surface area contributed by atoms with Crippen LogP contribution in [0.2, 0.25) is 0 Å². The first-order chi connectivity index (χ1) is 9.63. The van der Waals surface area contributed by atoms with Gasteiger partial charge in [0.1, 0.15) is 0 Å². The number of anilines is 1. The van der Waals surface area contributed by atoms with Gasteiger partial charge in [-0.2, -0.15) is 0 Å². The highest BCUT2D eigenvalue weighted by atomic mass is 16.3. The van der Waals surface area contributed by atoms with Gasteiger partial charge >= 0.3 is 0 Å². The molecule has 0 spiro atoms. The lowest BCUT2D eigenvalue weighted by molar-refractivity contribution is 0.154. The first-order valence-corrected chi connectivity index (χ1v) is 7.44. The number of aliphatic hydroxyl groups excluding tert-OH is 1. The Labute approximate surface area is 119 Å². The SMILES string of the molecule is CC1CCC(CO)(Nc2nc3ccccc3n2C)CC1. The minimum atomic E-state index is -0.207. The lowest BCUT2D eigenvalue weighted by Gasteiger charge is -2.39. The van der Waals surface area contributed by atoms with Gasteiger partial charge in [0.15, 0.2) is 0 Å². The number of rotatable bonds is 3. The van der Waals surface area contributed by atoms with Crippen molar-refractivity contribution in [3.63, 3.8) is 0 Å².